The van der Waals surface area contributed by atoms with Crippen LogP contribution in [0.3, 0.4) is 0 Å². The first-order chi connectivity index (χ1) is 9.81. The van der Waals surface area contributed by atoms with Crippen molar-refractivity contribution in [2.75, 3.05) is 13.1 Å². The Morgan fingerprint density at radius 1 is 1.43 bits per heavy atom. The van der Waals surface area contributed by atoms with Gasteiger partial charge >= 0.3 is 5.97 Å². The largest absolute Gasteiger partial charge is 0.481 e. The lowest BCUT2D eigenvalue weighted by Crippen LogP contribution is -2.45. The van der Waals surface area contributed by atoms with Crippen LogP contribution in [0.15, 0.2) is 16.6 Å². The molecule has 1 heterocycles. The summed E-state index contributed by atoms with van der Waals surface area (Å²) < 4.78 is 0.790. The summed E-state index contributed by atoms with van der Waals surface area (Å²) in [6.07, 6.45) is 0.492. The fraction of sp³-hybridized carbons (Fsp3) is 0.467. The van der Waals surface area contributed by atoms with Crippen molar-refractivity contribution in [3.8, 4) is 0 Å². The zero-order valence-corrected chi connectivity index (χ0v) is 14.2. The van der Waals surface area contributed by atoms with Crippen molar-refractivity contribution in [3.63, 3.8) is 0 Å². The highest BCUT2D eigenvalue weighted by atomic mass is 79.9. The summed E-state index contributed by atoms with van der Waals surface area (Å²) in [5, 5.41) is 9.63. The molecule has 0 saturated carbocycles. The van der Waals surface area contributed by atoms with Crippen LogP contribution in [-0.2, 0) is 4.79 Å². The summed E-state index contributed by atoms with van der Waals surface area (Å²) in [7, 11) is 0. The number of carbonyl (C=O) groups excluding carboxylic acids is 1. The number of nitrogens with zero attached hydrogens (tertiary/aromatic N) is 1. The van der Waals surface area contributed by atoms with Gasteiger partial charge in [-0.1, -0.05) is 18.5 Å². The number of amides is 1. The van der Waals surface area contributed by atoms with Gasteiger partial charge < -0.3 is 10.0 Å². The maximum absolute atomic E-state index is 12.5. The molecule has 0 bridgehead atoms. The number of carbonyl (C=O) groups is 2. The van der Waals surface area contributed by atoms with E-state index >= 15 is 0 Å². The second-order valence-electron chi connectivity index (χ2n) is 5.55. The minimum atomic E-state index is -0.780. The minimum Gasteiger partial charge on any atom is -0.481 e. The van der Waals surface area contributed by atoms with Crippen LogP contribution < -0.4 is 0 Å². The SMILES string of the molecule is Cc1cc(C(=O)N2CCC(C(=O)O)C(C)C2)cc(Cl)c1Br. The maximum atomic E-state index is 12.5. The van der Waals surface area contributed by atoms with Crippen molar-refractivity contribution < 1.29 is 14.7 Å². The summed E-state index contributed by atoms with van der Waals surface area (Å²) >= 11 is 9.47. The Bertz CT molecular complexity index is 567. The van der Waals surface area contributed by atoms with Gasteiger partial charge in [0.25, 0.3) is 5.91 Å². The smallest absolute Gasteiger partial charge is 0.306 e. The zero-order valence-electron chi connectivity index (χ0n) is 11.9. The van der Waals surface area contributed by atoms with Crippen LogP contribution >= 0.6 is 27.5 Å². The highest BCUT2D eigenvalue weighted by Gasteiger charge is 2.33. The Hall–Kier alpha value is -1.07. The van der Waals surface area contributed by atoms with E-state index in [1.807, 2.05) is 13.8 Å². The van der Waals surface area contributed by atoms with Crippen LogP contribution in [0.25, 0.3) is 0 Å². The van der Waals surface area contributed by atoms with E-state index < -0.39 is 5.97 Å². The van der Waals surface area contributed by atoms with Gasteiger partial charge in [-0.05, 0) is 52.9 Å². The first-order valence-corrected chi connectivity index (χ1v) is 7.96. The molecule has 1 amide bonds. The lowest BCUT2D eigenvalue weighted by atomic mass is 9.87. The molecule has 1 aromatic carbocycles. The van der Waals surface area contributed by atoms with Crippen LogP contribution in [0.5, 0.6) is 0 Å². The number of hydrogen-bond acceptors (Lipinski definition) is 2. The maximum Gasteiger partial charge on any atom is 0.306 e. The summed E-state index contributed by atoms with van der Waals surface area (Å²) in [5.41, 5.74) is 1.45. The standard InChI is InChI=1S/C15H17BrClNO3/c1-8-5-10(6-12(17)13(8)16)14(19)18-4-3-11(15(20)21)9(2)7-18/h5-6,9,11H,3-4,7H2,1-2H3,(H,20,21). The lowest BCUT2D eigenvalue weighted by Gasteiger charge is -2.35. The summed E-state index contributed by atoms with van der Waals surface area (Å²) in [6, 6.07) is 3.45. The molecule has 2 atom stereocenters. The van der Waals surface area contributed by atoms with Gasteiger partial charge in [0, 0.05) is 23.1 Å². The van der Waals surface area contributed by atoms with E-state index in [1.54, 1.807) is 17.0 Å². The first kappa shape index (κ1) is 16.3. The first-order valence-electron chi connectivity index (χ1n) is 6.79. The Kier molecular flexibility index (Phi) is 4.94. The van der Waals surface area contributed by atoms with Crippen molar-refractivity contribution in [1.29, 1.82) is 0 Å². The lowest BCUT2D eigenvalue weighted by molar-refractivity contribution is -0.145. The van der Waals surface area contributed by atoms with E-state index in [0.29, 0.717) is 30.1 Å². The average Bonchev–Trinajstić information content (AvgIpc) is 2.42. The fourth-order valence-corrected chi connectivity index (χ4v) is 3.23. The second kappa shape index (κ2) is 6.36. The van der Waals surface area contributed by atoms with Gasteiger partial charge in [-0.3, -0.25) is 9.59 Å². The van der Waals surface area contributed by atoms with Crippen LogP contribution in [-0.4, -0.2) is 35.0 Å². The quantitative estimate of drug-likeness (QED) is 0.860. The number of carboxylic acid groups (broad SMARTS) is 1. The number of carboxylic acids is 1. The zero-order chi connectivity index (χ0) is 15.7. The van der Waals surface area contributed by atoms with E-state index in [9.17, 15) is 9.59 Å². The number of aryl methyl sites for hydroxylation is 1. The molecule has 2 unspecified atom stereocenters. The number of hydrogen-bond donors (Lipinski definition) is 1. The molecule has 114 valence electrons. The van der Waals surface area contributed by atoms with E-state index in [2.05, 4.69) is 15.9 Å². The van der Waals surface area contributed by atoms with E-state index in [-0.39, 0.29) is 17.7 Å². The van der Waals surface area contributed by atoms with Crippen LogP contribution in [0, 0.1) is 18.8 Å². The molecule has 1 aliphatic rings. The molecular weight excluding hydrogens is 358 g/mol. The van der Waals surface area contributed by atoms with Crippen molar-refractivity contribution in [3.05, 3.63) is 32.8 Å². The molecule has 21 heavy (non-hydrogen) atoms. The van der Waals surface area contributed by atoms with E-state index in [4.69, 9.17) is 16.7 Å². The molecule has 1 N–H and O–H groups in total. The van der Waals surface area contributed by atoms with E-state index in [1.165, 1.54) is 0 Å². The third-order valence-corrected chi connectivity index (χ3v) is 5.55. The van der Waals surface area contributed by atoms with Crippen molar-refractivity contribution >= 4 is 39.4 Å². The number of rotatable bonds is 2. The summed E-state index contributed by atoms with van der Waals surface area (Å²) in [5.74, 6) is -1.29. The summed E-state index contributed by atoms with van der Waals surface area (Å²) in [4.78, 5) is 25.4. The van der Waals surface area contributed by atoms with Crippen molar-refractivity contribution in [1.82, 2.24) is 4.90 Å². The molecule has 0 aromatic heterocycles. The third kappa shape index (κ3) is 3.40. The van der Waals surface area contributed by atoms with Gasteiger partial charge in [0.2, 0.25) is 0 Å². The number of piperidine rings is 1. The van der Waals surface area contributed by atoms with Crippen LogP contribution in [0.4, 0.5) is 0 Å². The van der Waals surface area contributed by atoms with Gasteiger partial charge in [0.1, 0.15) is 0 Å². The second-order valence-corrected chi connectivity index (χ2v) is 6.75. The van der Waals surface area contributed by atoms with Crippen LogP contribution in [0.2, 0.25) is 5.02 Å². The normalized spacial score (nSPS) is 22.2. The molecule has 2 rings (SSSR count). The molecule has 6 heteroatoms. The molecular formula is C15H17BrClNO3. The predicted molar refractivity (Wildman–Crippen MR) is 84.7 cm³/mol. The van der Waals surface area contributed by atoms with Crippen molar-refractivity contribution in [2.45, 2.75) is 20.3 Å². The molecule has 1 fully saturated rings. The molecule has 1 saturated heterocycles. The van der Waals surface area contributed by atoms with Gasteiger partial charge in [-0.15, -0.1) is 0 Å². The topological polar surface area (TPSA) is 57.6 Å². The number of likely N-dealkylation sites (tertiary alicyclic amines) is 1. The average molecular weight is 375 g/mol. The van der Waals surface area contributed by atoms with Gasteiger partial charge in [0.15, 0.2) is 0 Å². The summed E-state index contributed by atoms with van der Waals surface area (Å²) in [6.45, 7) is 4.68. The molecule has 0 radical (unpaired) electrons. The fourth-order valence-electron chi connectivity index (χ4n) is 2.73. The Morgan fingerprint density at radius 2 is 2.10 bits per heavy atom. The monoisotopic (exact) mass is 373 g/mol. The minimum absolute atomic E-state index is 0.0489. The van der Waals surface area contributed by atoms with E-state index in [0.717, 1.165) is 10.0 Å². The highest BCUT2D eigenvalue weighted by molar-refractivity contribution is 9.10. The number of halogens is 2. The number of benzene rings is 1. The molecule has 1 aliphatic heterocycles. The predicted octanol–water partition coefficient (Wildman–Crippen LogP) is 3.59. The Morgan fingerprint density at radius 3 is 2.62 bits per heavy atom. The van der Waals surface area contributed by atoms with Gasteiger partial charge in [0.05, 0.1) is 10.9 Å². The Balaban J connectivity index is 2.17. The molecule has 0 spiro atoms. The van der Waals surface area contributed by atoms with Gasteiger partial charge in [-0.2, -0.15) is 0 Å². The highest BCUT2D eigenvalue weighted by Crippen LogP contribution is 2.29. The molecule has 1 aromatic rings. The van der Waals surface area contributed by atoms with Crippen molar-refractivity contribution in [2.24, 2.45) is 11.8 Å². The molecule has 0 aliphatic carbocycles. The molecule has 4 nitrogen and oxygen atoms in total. The van der Waals surface area contributed by atoms with Gasteiger partial charge in [-0.25, -0.2) is 0 Å². The third-order valence-electron chi connectivity index (χ3n) is 3.97. The number of aliphatic carboxylic acids is 1. The van der Waals surface area contributed by atoms with Crippen LogP contribution in [0.1, 0.15) is 29.3 Å². The Labute approximate surface area is 137 Å².